The maximum Gasteiger partial charge on any atom is 0.274 e. The second kappa shape index (κ2) is 7.55. The molecule has 3 aromatic carbocycles. The van der Waals surface area contributed by atoms with Crippen LogP contribution in [0.15, 0.2) is 71.5 Å². The fourth-order valence-corrected chi connectivity index (χ4v) is 4.45. The van der Waals surface area contributed by atoms with Crippen LogP contribution >= 0.6 is 22.9 Å². The third-order valence-electron chi connectivity index (χ3n) is 4.74. The van der Waals surface area contributed by atoms with Crippen molar-refractivity contribution in [2.45, 2.75) is 6.61 Å². The smallest absolute Gasteiger partial charge is 0.274 e. The van der Waals surface area contributed by atoms with Crippen LogP contribution in [-0.2, 0) is 6.61 Å². The number of ether oxygens (including phenoxy) is 1. The summed E-state index contributed by atoms with van der Waals surface area (Å²) in [5, 5.41) is 0.513. The first kappa shape index (κ1) is 18.8. The minimum Gasteiger partial charge on any atom is -0.488 e. The van der Waals surface area contributed by atoms with E-state index in [2.05, 4.69) is 4.98 Å². The zero-order valence-corrected chi connectivity index (χ0v) is 17.1. The Kier molecular flexibility index (Phi) is 4.73. The molecule has 7 heteroatoms. The van der Waals surface area contributed by atoms with Crippen molar-refractivity contribution in [2.24, 2.45) is 0 Å². The highest BCUT2D eigenvalue weighted by Gasteiger charge is 2.12. The average molecular weight is 437 g/mol. The van der Waals surface area contributed by atoms with Crippen molar-refractivity contribution < 1.29 is 9.13 Å². The molecule has 0 amide bonds. The van der Waals surface area contributed by atoms with E-state index in [9.17, 15) is 9.18 Å². The number of halogens is 2. The van der Waals surface area contributed by atoms with Crippen LogP contribution in [0.1, 0.15) is 11.1 Å². The molecule has 148 valence electrons. The van der Waals surface area contributed by atoms with E-state index in [-0.39, 0.29) is 18.0 Å². The minimum atomic E-state index is -0.329. The number of hydrogen-bond donors (Lipinski definition) is 0. The summed E-state index contributed by atoms with van der Waals surface area (Å²) in [6.45, 7) is 0.0672. The van der Waals surface area contributed by atoms with Crippen LogP contribution in [0.5, 0.6) is 5.75 Å². The second-order valence-electron chi connectivity index (χ2n) is 6.70. The minimum absolute atomic E-state index is 0.0672. The Labute approximate surface area is 179 Å². The number of thiazole rings is 1. The summed E-state index contributed by atoms with van der Waals surface area (Å²) in [5.74, 6) is 0.183. The van der Waals surface area contributed by atoms with Crippen molar-refractivity contribution >= 4 is 45.0 Å². The Morgan fingerprint density at radius 1 is 1.10 bits per heavy atom. The van der Waals surface area contributed by atoms with Gasteiger partial charge in [0.1, 0.15) is 18.2 Å². The Bertz CT molecular complexity index is 1510. The molecule has 0 aliphatic rings. The van der Waals surface area contributed by atoms with Gasteiger partial charge in [0.15, 0.2) is 4.96 Å². The van der Waals surface area contributed by atoms with Gasteiger partial charge in [-0.15, -0.1) is 0 Å². The van der Waals surface area contributed by atoms with E-state index in [0.29, 0.717) is 31.4 Å². The standard InChI is InChI=1S/C23H14ClFN2O2S/c24-16-9-10-20(29-13-14-5-1-2-6-17(14)25)15(11-16)12-21-22(28)27-19-8-4-3-7-18(19)26-23(27)30-21/h1-12H,13H2/b21-12-. The van der Waals surface area contributed by atoms with E-state index in [0.717, 1.165) is 11.0 Å². The van der Waals surface area contributed by atoms with Crippen LogP contribution in [0, 0.1) is 5.82 Å². The van der Waals surface area contributed by atoms with Crippen molar-refractivity contribution in [2.75, 3.05) is 0 Å². The highest BCUT2D eigenvalue weighted by Crippen LogP contribution is 2.25. The SMILES string of the molecule is O=c1/c(=C/c2cc(Cl)ccc2OCc2ccccc2F)sc2nc3ccccc3n12. The van der Waals surface area contributed by atoms with Gasteiger partial charge < -0.3 is 4.74 Å². The fourth-order valence-electron chi connectivity index (χ4n) is 3.29. The number of aromatic nitrogens is 2. The molecule has 5 rings (SSSR count). The zero-order chi connectivity index (χ0) is 20.7. The zero-order valence-electron chi connectivity index (χ0n) is 15.5. The summed E-state index contributed by atoms with van der Waals surface area (Å²) < 4.78 is 21.9. The van der Waals surface area contributed by atoms with Crippen LogP contribution in [0.4, 0.5) is 4.39 Å². The number of fused-ring (bicyclic) bond motifs is 3. The van der Waals surface area contributed by atoms with Crippen molar-refractivity contribution in [1.29, 1.82) is 0 Å². The molecule has 0 aliphatic carbocycles. The lowest BCUT2D eigenvalue weighted by molar-refractivity contribution is 0.299. The van der Waals surface area contributed by atoms with Gasteiger partial charge in [0.05, 0.1) is 15.6 Å². The van der Waals surface area contributed by atoms with Gasteiger partial charge in [-0.05, 0) is 42.5 Å². The van der Waals surface area contributed by atoms with Crippen molar-refractivity contribution in [1.82, 2.24) is 9.38 Å². The highest BCUT2D eigenvalue weighted by molar-refractivity contribution is 7.15. The third-order valence-corrected chi connectivity index (χ3v) is 5.95. The number of para-hydroxylation sites is 2. The molecule has 2 aromatic heterocycles. The van der Waals surface area contributed by atoms with E-state index >= 15 is 0 Å². The molecule has 0 atom stereocenters. The Hall–Kier alpha value is -3.22. The molecule has 5 aromatic rings. The van der Waals surface area contributed by atoms with Gasteiger partial charge in [0.25, 0.3) is 5.56 Å². The normalized spacial score (nSPS) is 12.1. The number of benzene rings is 3. The van der Waals surface area contributed by atoms with Gasteiger partial charge in [-0.25, -0.2) is 13.8 Å². The topological polar surface area (TPSA) is 43.6 Å². The second-order valence-corrected chi connectivity index (χ2v) is 8.14. The van der Waals surface area contributed by atoms with E-state index in [1.165, 1.54) is 17.4 Å². The first-order chi connectivity index (χ1) is 14.6. The summed E-state index contributed by atoms with van der Waals surface area (Å²) in [6, 6.07) is 19.1. The van der Waals surface area contributed by atoms with Crippen molar-refractivity contribution in [3.63, 3.8) is 0 Å². The van der Waals surface area contributed by atoms with Gasteiger partial charge >= 0.3 is 0 Å². The lowest BCUT2D eigenvalue weighted by atomic mass is 10.2. The molecule has 0 saturated carbocycles. The molecule has 0 saturated heterocycles. The molecule has 0 aliphatic heterocycles. The van der Waals surface area contributed by atoms with E-state index < -0.39 is 0 Å². The maximum atomic E-state index is 13.9. The molecule has 0 fully saturated rings. The number of nitrogens with zero attached hydrogens (tertiary/aromatic N) is 2. The number of hydrogen-bond acceptors (Lipinski definition) is 4. The van der Waals surface area contributed by atoms with Gasteiger partial charge in [-0.2, -0.15) is 0 Å². The molecule has 30 heavy (non-hydrogen) atoms. The maximum absolute atomic E-state index is 13.9. The molecular formula is C23H14ClFN2O2S. The summed E-state index contributed by atoms with van der Waals surface area (Å²) in [7, 11) is 0. The molecule has 0 N–H and O–H groups in total. The Morgan fingerprint density at radius 3 is 2.77 bits per heavy atom. The van der Waals surface area contributed by atoms with E-state index in [4.69, 9.17) is 16.3 Å². The molecule has 0 spiro atoms. The monoisotopic (exact) mass is 436 g/mol. The summed E-state index contributed by atoms with van der Waals surface area (Å²) in [6.07, 6.45) is 1.74. The molecule has 2 heterocycles. The van der Waals surface area contributed by atoms with Gasteiger partial charge in [-0.3, -0.25) is 4.79 Å². The summed E-state index contributed by atoms with van der Waals surface area (Å²) in [4.78, 5) is 18.2. The highest BCUT2D eigenvalue weighted by atomic mass is 35.5. The lowest BCUT2D eigenvalue weighted by Gasteiger charge is -2.10. The lowest BCUT2D eigenvalue weighted by Crippen LogP contribution is -2.22. The molecular weight excluding hydrogens is 423 g/mol. The van der Waals surface area contributed by atoms with Crippen LogP contribution in [0.2, 0.25) is 5.02 Å². The molecule has 0 radical (unpaired) electrons. The van der Waals surface area contributed by atoms with Gasteiger partial charge in [0.2, 0.25) is 0 Å². The van der Waals surface area contributed by atoms with Crippen LogP contribution in [0.25, 0.3) is 22.1 Å². The summed E-state index contributed by atoms with van der Waals surface area (Å²) in [5.41, 5.74) is 2.50. The first-order valence-corrected chi connectivity index (χ1v) is 10.4. The van der Waals surface area contributed by atoms with Crippen LogP contribution < -0.4 is 14.8 Å². The predicted octanol–water partition coefficient (Wildman–Crippen LogP) is 4.83. The van der Waals surface area contributed by atoms with Crippen LogP contribution in [0.3, 0.4) is 0 Å². The summed E-state index contributed by atoms with van der Waals surface area (Å²) >= 11 is 7.47. The number of rotatable bonds is 4. The first-order valence-electron chi connectivity index (χ1n) is 9.17. The van der Waals surface area contributed by atoms with Crippen molar-refractivity contribution in [3.05, 3.63) is 104 Å². The average Bonchev–Trinajstić information content (AvgIpc) is 3.25. The Morgan fingerprint density at radius 2 is 1.90 bits per heavy atom. The number of imidazole rings is 1. The molecule has 4 nitrogen and oxygen atoms in total. The van der Waals surface area contributed by atoms with E-state index in [1.54, 1.807) is 46.9 Å². The predicted molar refractivity (Wildman–Crippen MR) is 118 cm³/mol. The molecule has 0 bridgehead atoms. The van der Waals surface area contributed by atoms with Gasteiger partial charge in [0, 0.05) is 16.1 Å². The quantitative estimate of drug-likeness (QED) is 0.405. The fraction of sp³-hybridized carbons (Fsp3) is 0.0435. The van der Waals surface area contributed by atoms with Crippen LogP contribution in [-0.4, -0.2) is 9.38 Å². The molecule has 0 unspecified atom stereocenters. The van der Waals surface area contributed by atoms with E-state index in [1.807, 2.05) is 24.3 Å². The Balaban J connectivity index is 1.58. The largest absolute Gasteiger partial charge is 0.488 e. The third kappa shape index (κ3) is 3.34. The van der Waals surface area contributed by atoms with Crippen molar-refractivity contribution in [3.8, 4) is 5.75 Å². The van der Waals surface area contributed by atoms with Gasteiger partial charge in [-0.1, -0.05) is 53.3 Å².